The highest BCUT2D eigenvalue weighted by atomic mass is 16.2. The van der Waals surface area contributed by atoms with E-state index in [1.807, 2.05) is 35.2 Å². The van der Waals surface area contributed by atoms with Crippen molar-refractivity contribution in [3.8, 4) is 0 Å². The van der Waals surface area contributed by atoms with Gasteiger partial charge in [-0.25, -0.2) is 4.98 Å². The lowest BCUT2D eigenvalue weighted by atomic mass is 10.1. The van der Waals surface area contributed by atoms with E-state index in [-0.39, 0.29) is 11.8 Å². The predicted molar refractivity (Wildman–Crippen MR) is 114 cm³/mol. The van der Waals surface area contributed by atoms with Gasteiger partial charge in [-0.3, -0.25) is 4.79 Å². The van der Waals surface area contributed by atoms with E-state index < -0.39 is 0 Å². The average Bonchev–Trinajstić information content (AvgIpc) is 3.28. The molecule has 5 rings (SSSR count). The Labute approximate surface area is 164 Å². The first-order chi connectivity index (χ1) is 13.6. The predicted octanol–water partition coefficient (Wildman–Crippen LogP) is 5.29. The summed E-state index contributed by atoms with van der Waals surface area (Å²) in [5, 5.41) is 2.28. The molecule has 0 radical (unpaired) electrons. The minimum atomic E-state index is 0.0984. The summed E-state index contributed by atoms with van der Waals surface area (Å²) in [6.45, 7) is 5.02. The second-order valence-corrected chi connectivity index (χ2v) is 7.83. The van der Waals surface area contributed by atoms with Crippen LogP contribution in [0.15, 0.2) is 66.7 Å². The number of carbonyl (C=O) groups excluding carboxylic acids is 1. The molecule has 4 nitrogen and oxygen atoms in total. The maximum Gasteiger partial charge on any atom is 0.227 e. The molecule has 0 N–H and O–H groups in total. The van der Waals surface area contributed by atoms with E-state index in [2.05, 4.69) is 54.8 Å². The number of carbonyl (C=O) groups is 1. The Hall–Kier alpha value is -3.14. The first kappa shape index (κ1) is 17.0. The van der Waals surface area contributed by atoms with E-state index in [0.29, 0.717) is 19.0 Å². The van der Waals surface area contributed by atoms with E-state index >= 15 is 0 Å². The standard InChI is InChI=1S/C24H23N3O/c1-16(2)27-22-12-6-5-11-20(22)25-24(27)18-14-23(28)26(15-18)21-13-7-9-17-8-3-4-10-19(17)21/h3-13,16,18H,14-15H2,1-2H3/t18-/m0/s1. The average molecular weight is 369 g/mol. The van der Waals surface area contributed by atoms with Crippen LogP contribution < -0.4 is 4.90 Å². The van der Waals surface area contributed by atoms with Gasteiger partial charge in [0, 0.05) is 30.3 Å². The maximum absolute atomic E-state index is 13.0. The van der Waals surface area contributed by atoms with Crippen molar-refractivity contribution >= 4 is 33.4 Å². The summed E-state index contributed by atoms with van der Waals surface area (Å²) in [5.74, 6) is 1.29. The molecule has 1 amide bonds. The van der Waals surface area contributed by atoms with Crippen molar-refractivity contribution < 1.29 is 4.79 Å². The van der Waals surface area contributed by atoms with Crippen molar-refractivity contribution in [3.63, 3.8) is 0 Å². The van der Waals surface area contributed by atoms with Gasteiger partial charge in [-0.1, -0.05) is 48.5 Å². The number of anilines is 1. The third kappa shape index (κ3) is 2.60. The second-order valence-electron chi connectivity index (χ2n) is 7.83. The largest absolute Gasteiger partial charge is 0.325 e. The molecule has 1 aromatic heterocycles. The summed E-state index contributed by atoms with van der Waals surface area (Å²) >= 11 is 0. The molecule has 1 saturated heterocycles. The van der Waals surface area contributed by atoms with E-state index in [1.165, 1.54) is 0 Å². The third-order valence-corrected chi connectivity index (χ3v) is 5.69. The fourth-order valence-electron chi connectivity index (χ4n) is 4.45. The SMILES string of the molecule is CC(C)n1c([C@H]2CC(=O)N(c3cccc4ccccc34)C2)nc2ccccc21. The number of hydrogen-bond acceptors (Lipinski definition) is 2. The van der Waals surface area contributed by atoms with Gasteiger partial charge in [-0.2, -0.15) is 0 Å². The number of para-hydroxylation sites is 2. The van der Waals surface area contributed by atoms with Gasteiger partial charge < -0.3 is 9.47 Å². The quantitative estimate of drug-likeness (QED) is 0.492. The summed E-state index contributed by atoms with van der Waals surface area (Å²) in [5.41, 5.74) is 3.14. The fraction of sp³-hybridized carbons (Fsp3) is 0.250. The fourth-order valence-corrected chi connectivity index (χ4v) is 4.45. The van der Waals surface area contributed by atoms with Crippen molar-refractivity contribution in [3.05, 3.63) is 72.6 Å². The van der Waals surface area contributed by atoms with Crippen molar-refractivity contribution in [1.29, 1.82) is 0 Å². The number of benzene rings is 3. The molecular weight excluding hydrogens is 346 g/mol. The van der Waals surface area contributed by atoms with Crippen LogP contribution in [0.4, 0.5) is 5.69 Å². The number of rotatable bonds is 3. The summed E-state index contributed by atoms with van der Waals surface area (Å²) in [6.07, 6.45) is 0.499. The number of aromatic nitrogens is 2. The first-order valence-corrected chi connectivity index (χ1v) is 9.88. The van der Waals surface area contributed by atoms with Crippen LogP contribution in [-0.4, -0.2) is 22.0 Å². The topological polar surface area (TPSA) is 38.1 Å². The van der Waals surface area contributed by atoms with Crippen molar-refractivity contribution in [2.75, 3.05) is 11.4 Å². The van der Waals surface area contributed by atoms with E-state index in [0.717, 1.165) is 33.3 Å². The Morgan fingerprint density at radius 3 is 2.57 bits per heavy atom. The van der Waals surface area contributed by atoms with Crippen molar-refractivity contribution in [2.24, 2.45) is 0 Å². The summed E-state index contributed by atoms with van der Waals surface area (Å²) in [7, 11) is 0. The molecule has 4 aromatic rings. The Balaban J connectivity index is 1.57. The van der Waals surface area contributed by atoms with Crippen LogP contribution in [0.25, 0.3) is 21.8 Å². The first-order valence-electron chi connectivity index (χ1n) is 9.88. The zero-order chi connectivity index (χ0) is 19.3. The Kier molecular flexibility index (Phi) is 3.93. The number of imidazole rings is 1. The molecule has 0 spiro atoms. The second kappa shape index (κ2) is 6.48. The van der Waals surface area contributed by atoms with E-state index in [9.17, 15) is 4.79 Å². The molecule has 1 aliphatic heterocycles. The van der Waals surface area contributed by atoms with Crippen molar-refractivity contribution in [2.45, 2.75) is 32.2 Å². The van der Waals surface area contributed by atoms with Gasteiger partial charge in [0.2, 0.25) is 5.91 Å². The van der Waals surface area contributed by atoms with Gasteiger partial charge in [-0.05, 0) is 37.4 Å². The smallest absolute Gasteiger partial charge is 0.227 e. The highest BCUT2D eigenvalue weighted by Crippen LogP contribution is 2.37. The molecule has 4 heteroatoms. The molecule has 0 aliphatic carbocycles. The molecule has 140 valence electrons. The maximum atomic E-state index is 13.0. The minimum absolute atomic E-state index is 0.0984. The summed E-state index contributed by atoms with van der Waals surface area (Å²) in [6, 6.07) is 23.0. The number of hydrogen-bond donors (Lipinski definition) is 0. The summed E-state index contributed by atoms with van der Waals surface area (Å²) in [4.78, 5) is 19.9. The van der Waals surface area contributed by atoms with Crippen LogP contribution in [0.3, 0.4) is 0 Å². The van der Waals surface area contributed by atoms with Crippen molar-refractivity contribution in [1.82, 2.24) is 9.55 Å². The normalized spacial score (nSPS) is 17.3. The van der Waals surface area contributed by atoms with Crippen LogP contribution in [0.1, 0.15) is 38.1 Å². The highest BCUT2D eigenvalue weighted by Gasteiger charge is 2.35. The minimum Gasteiger partial charge on any atom is -0.325 e. The zero-order valence-electron chi connectivity index (χ0n) is 16.2. The molecule has 3 aromatic carbocycles. The van der Waals surface area contributed by atoms with Crippen LogP contribution >= 0.6 is 0 Å². The molecular formula is C24H23N3O. The monoisotopic (exact) mass is 369 g/mol. The molecule has 2 heterocycles. The summed E-state index contributed by atoms with van der Waals surface area (Å²) < 4.78 is 2.29. The lowest BCUT2D eigenvalue weighted by Crippen LogP contribution is -2.24. The lowest BCUT2D eigenvalue weighted by Gasteiger charge is -2.20. The van der Waals surface area contributed by atoms with Crippen LogP contribution in [0.5, 0.6) is 0 Å². The molecule has 0 bridgehead atoms. The molecule has 28 heavy (non-hydrogen) atoms. The molecule has 1 atom stereocenters. The Bertz CT molecular complexity index is 1190. The molecule has 0 saturated carbocycles. The van der Waals surface area contributed by atoms with Gasteiger partial charge in [-0.15, -0.1) is 0 Å². The Morgan fingerprint density at radius 1 is 0.964 bits per heavy atom. The Morgan fingerprint density at radius 2 is 1.71 bits per heavy atom. The van der Waals surface area contributed by atoms with Gasteiger partial charge in [0.15, 0.2) is 0 Å². The van der Waals surface area contributed by atoms with Crippen LogP contribution in [-0.2, 0) is 4.79 Å². The van der Waals surface area contributed by atoms with E-state index in [1.54, 1.807) is 0 Å². The van der Waals surface area contributed by atoms with Gasteiger partial charge in [0.05, 0.1) is 16.7 Å². The van der Waals surface area contributed by atoms with Crippen LogP contribution in [0.2, 0.25) is 0 Å². The number of fused-ring (bicyclic) bond motifs is 2. The highest BCUT2D eigenvalue weighted by molar-refractivity contribution is 6.05. The molecule has 1 aliphatic rings. The van der Waals surface area contributed by atoms with Crippen LogP contribution in [0, 0.1) is 0 Å². The number of nitrogens with zero attached hydrogens (tertiary/aromatic N) is 3. The van der Waals surface area contributed by atoms with Gasteiger partial charge >= 0.3 is 0 Å². The molecule has 1 fully saturated rings. The van der Waals surface area contributed by atoms with Gasteiger partial charge in [0.25, 0.3) is 0 Å². The lowest BCUT2D eigenvalue weighted by molar-refractivity contribution is -0.117. The van der Waals surface area contributed by atoms with Gasteiger partial charge in [0.1, 0.15) is 5.82 Å². The number of amides is 1. The zero-order valence-corrected chi connectivity index (χ0v) is 16.2. The van der Waals surface area contributed by atoms with E-state index in [4.69, 9.17) is 4.98 Å². The molecule has 0 unspecified atom stereocenters. The third-order valence-electron chi connectivity index (χ3n) is 5.69.